The minimum Gasteiger partial charge on any atom is -0.310 e. The highest BCUT2D eigenvalue weighted by atomic mass is 15.2. The molecule has 3 heteroatoms. The van der Waals surface area contributed by atoms with Gasteiger partial charge in [0.25, 0.3) is 0 Å². The van der Waals surface area contributed by atoms with Gasteiger partial charge in [0.15, 0.2) is 0 Å². The van der Waals surface area contributed by atoms with Crippen LogP contribution in [0, 0.1) is 0 Å². The number of nitrogens with zero attached hydrogens (tertiary/aromatic N) is 3. The van der Waals surface area contributed by atoms with Crippen LogP contribution in [0.1, 0.15) is 22.3 Å². The van der Waals surface area contributed by atoms with E-state index in [-0.39, 0.29) is 0 Å². The molecule has 0 amide bonds. The Morgan fingerprint density at radius 1 is 0.288 bits per heavy atom. The molecular formula is C63H43N3. The second-order valence-corrected chi connectivity index (χ2v) is 17.2. The molecule has 0 bridgehead atoms. The summed E-state index contributed by atoms with van der Waals surface area (Å²) in [4.78, 5) is 7.25. The van der Waals surface area contributed by atoms with Crippen LogP contribution in [0.25, 0.3) is 32.7 Å². The Kier molecular flexibility index (Phi) is 8.75. The molecule has 13 rings (SSSR count). The number of hydrogen-bond donors (Lipinski definition) is 0. The van der Waals surface area contributed by atoms with Crippen molar-refractivity contribution in [1.82, 2.24) is 0 Å². The summed E-state index contributed by atoms with van der Waals surface area (Å²) in [6.07, 6.45) is 0. The topological polar surface area (TPSA) is 9.72 Å². The van der Waals surface area contributed by atoms with Crippen molar-refractivity contribution in [2.75, 3.05) is 14.7 Å². The zero-order chi connectivity index (χ0) is 43.6. The van der Waals surface area contributed by atoms with Gasteiger partial charge in [-0.1, -0.05) is 164 Å². The van der Waals surface area contributed by atoms with Crippen molar-refractivity contribution < 1.29 is 0 Å². The molecule has 0 unspecified atom stereocenters. The number of anilines is 9. The molecule has 1 aliphatic carbocycles. The molecule has 11 aromatic rings. The van der Waals surface area contributed by atoms with Crippen molar-refractivity contribution in [2.45, 2.75) is 5.41 Å². The molecule has 0 aromatic heterocycles. The van der Waals surface area contributed by atoms with E-state index in [4.69, 9.17) is 0 Å². The molecule has 1 spiro atoms. The van der Waals surface area contributed by atoms with E-state index in [1.54, 1.807) is 0 Å². The van der Waals surface area contributed by atoms with Crippen molar-refractivity contribution in [3.63, 3.8) is 0 Å². The van der Waals surface area contributed by atoms with Crippen LogP contribution in [0.3, 0.4) is 0 Å². The first kappa shape index (κ1) is 37.9. The Bertz CT molecular complexity index is 3460. The standard InChI is InChI=1S/C63H43N3/c1-6-22-44(23-7-1)64(45-24-8-2-9-25-45)49-38-40-53-55(42-49)51-32-16-17-33-52(51)61-54-41-39-50(65(46-26-10-3-11-27-46)47-28-12-4-13-29-47)43-58(54)63(62(53)61)56-34-18-20-36-59(56)66(48-30-14-5-15-31-48)60-37-21-19-35-57(60)63/h1-43H. The molecule has 0 atom stereocenters. The lowest BCUT2D eigenvalue weighted by Crippen LogP contribution is -2.36. The van der Waals surface area contributed by atoms with Gasteiger partial charge in [-0.3, -0.25) is 0 Å². The highest BCUT2D eigenvalue weighted by Gasteiger charge is 2.53. The maximum atomic E-state index is 2.50. The molecule has 0 saturated carbocycles. The third-order valence-electron chi connectivity index (χ3n) is 13.7. The summed E-state index contributed by atoms with van der Waals surface area (Å²) in [5.74, 6) is 0. The van der Waals surface area contributed by atoms with Gasteiger partial charge in [0.2, 0.25) is 0 Å². The monoisotopic (exact) mass is 841 g/mol. The van der Waals surface area contributed by atoms with E-state index in [9.17, 15) is 0 Å². The van der Waals surface area contributed by atoms with Gasteiger partial charge in [0.05, 0.1) is 16.8 Å². The molecule has 66 heavy (non-hydrogen) atoms. The maximum Gasteiger partial charge on any atom is 0.0761 e. The Hall–Kier alpha value is -8.66. The minimum absolute atomic E-state index is 0.708. The van der Waals surface area contributed by atoms with E-state index in [1.165, 1.54) is 66.3 Å². The average Bonchev–Trinajstić information content (AvgIpc) is 3.69. The third-order valence-corrected chi connectivity index (χ3v) is 13.7. The average molecular weight is 842 g/mol. The van der Waals surface area contributed by atoms with Gasteiger partial charge < -0.3 is 14.7 Å². The Labute approximate surface area is 385 Å². The van der Waals surface area contributed by atoms with Crippen LogP contribution in [0.2, 0.25) is 0 Å². The predicted molar refractivity (Wildman–Crippen MR) is 276 cm³/mol. The minimum atomic E-state index is -0.708. The summed E-state index contributed by atoms with van der Waals surface area (Å²) in [6.45, 7) is 0. The molecular weight excluding hydrogens is 799 g/mol. The van der Waals surface area contributed by atoms with Crippen LogP contribution in [0.15, 0.2) is 261 Å². The summed E-state index contributed by atoms with van der Waals surface area (Å²) >= 11 is 0. The van der Waals surface area contributed by atoms with Gasteiger partial charge in [-0.25, -0.2) is 0 Å². The van der Waals surface area contributed by atoms with Gasteiger partial charge in [0.1, 0.15) is 0 Å². The number of para-hydroxylation sites is 7. The highest BCUT2D eigenvalue weighted by molar-refractivity contribution is 6.20. The van der Waals surface area contributed by atoms with Crippen LogP contribution in [0.4, 0.5) is 51.2 Å². The molecule has 0 fully saturated rings. The summed E-state index contributed by atoms with van der Waals surface area (Å²) in [5.41, 5.74) is 17.1. The summed E-state index contributed by atoms with van der Waals surface area (Å²) in [5, 5.41) is 4.95. The molecule has 0 N–H and O–H groups in total. The number of benzene rings is 11. The van der Waals surface area contributed by atoms with Crippen molar-refractivity contribution in [2.24, 2.45) is 0 Å². The van der Waals surface area contributed by atoms with Crippen LogP contribution >= 0.6 is 0 Å². The number of rotatable bonds is 7. The summed E-state index contributed by atoms with van der Waals surface area (Å²) in [6, 6.07) is 95.6. The first-order valence-electron chi connectivity index (χ1n) is 22.8. The molecule has 310 valence electrons. The molecule has 3 nitrogen and oxygen atoms in total. The zero-order valence-corrected chi connectivity index (χ0v) is 36.2. The Morgan fingerprint density at radius 2 is 0.712 bits per heavy atom. The van der Waals surface area contributed by atoms with Crippen LogP contribution in [-0.4, -0.2) is 0 Å². The fourth-order valence-electron chi connectivity index (χ4n) is 11.2. The van der Waals surface area contributed by atoms with E-state index in [0.717, 1.165) is 39.8 Å². The van der Waals surface area contributed by atoms with E-state index in [2.05, 4.69) is 276 Å². The Morgan fingerprint density at radius 3 is 1.24 bits per heavy atom. The lowest BCUT2D eigenvalue weighted by Gasteiger charge is -2.45. The highest BCUT2D eigenvalue weighted by Crippen LogP contribution is 2.66. The molecule has 0 saturated heterocycles. The van der Waals surface area contributed by atoms with Crippen molar-refractivity contribution >= 4 is 72.7 Å². The second-order valence-electron chi connectivity index (χ2n) is 17.2. The van der Waals surface area contributed by atoms with Crippen LogP contribution in [-0.2, 0) is 5.41 Å². The van der Waals surface area contributed by atoms with E-state index < -0.39 is 5.41 Å². The lowest BCUT2D eigenvalue weighted by molar-refractivity contribution is 0.759. The summed E-state index contributed by atoms with van der Waals surface area (Å²) < 4.78 is 0. The van der Waals surface area contributed by atoms with Gasteiger partial charge in [-0.05, 0) is 152 Å². The SMILES string of the molecule is c1ccc(N(c2ccccc2)c2ccc3c(c2)C2(c4ccccc4N(c4ccccc4)c4ccccc42)c2c-3c3ccccc3c3cc(N(c4ccccc4)c4ccccc4)ccc23)cc1. The third kappa shape index (κ3) is 5.63. The normalized spacial score (nSPS) is 12.9. The Balaban J connectivity index is 1.17. The molecule has 11 aromatic carbocycles. The first-order valence-corrected chi connectivity index (χ1v) is 22.8. The van der Waals surface area contributed by atoms with Crippen LogP contribution < -0.4 is 14.7 Å². The van der Waals surface area contributed by atoms with E-state index in [0.29, 0.717) is 0 Å². The second kappa shape index (κ2) is 15.3. The predicted octanol–water partition coefficient (Wildman–Crippen LogP) is 17.1. The summed E-state index contributed by atoms with van der Waals surface area (Å²) in [7, 11) is 0. The van der Waals surface area contributed by atoms with Crippen LogP contribution in [0.5, 0.6) is 0 Å². The largest absolute Gasteiger partial charge is 0.310 e. The zero-order valence-electron chi connectivity index (χ0n) is 36.2. The van der Waals surface area contributed by atoms with E-state index >= 15 is 0 Å². The molecule has 1 heterocycles. The fourth-order valence-corrected chi connectivity index (χ4v) is 11.2. The fraction of sp³-hybridized carbons (Fsp3) is 0.0159. The van der Waals surface area contributed by atoms with Crippen molar-refractivity contribution in [3.05, 3.63) is 283 Å². The van der Waals surface area contributed by atoms with Crippen molar-refractivity contribution in [1.29, 1.82) is 0 Å². The smallest absolute Gasteiger partial charge is 0.0761 e. The molecule has 0 radical (unpaired) electrons. The number of fused-ring (bicyclic) bond motifs is 14. The lowest BCUT2D eigenvalue weighted by atomic mass is 9.63. The van der Waals surface area contributed by atoms with Crippen molar-refractivity contribution in [3.8, 4) is 11.1 Å². The van der Waals surface area contributed by atoms with Gasteiger partial charge in [-0.15, -0.1) is 0 Å². The van der Waals surface area contributed by atoms with Gasteiger partial charge in [0, 0.05) is 39.8 Å². The van der Waals surface area contributed by atoms with Gasteiger partial charge in [-0.2, -0.15) is 0 Å². The van der Waals surface area contributed by atoms with Gasteiger partial charge >= 0.3 is 0 Å². The van der Waals surface area contributed by atoms with E-state index in [1.807, 2.05) is 0 Å². The molecule has 2 aliphatic rings. The first-order chi connectivity index (χ1) is 32.8. The molecule has 1 aliphatic heterocycles. The number of hydrogen-bond acceptors (Lipinski definition) is 3. The maximum absolute atomic E-state index is 2.50. The quantitative estimate of drug-likeness (QED) is 0.148.